The molecule has 0 aliphatic rings. The number of esters is 3. The van der Waals surface area contributed by atoms with Gasteiger partial charge >= 0.3 is 17.9 Å². The Hall–Kier alpha value is -3.15. The summed E-state index contributed by atoms with van der Waals surface area (Å²) in [5, 5.41) is 0. The molecule has 6 nitrogen and oxygen atoms in total. The molecule has 6 heteroatoms. The van der Waals surface area contributed by atoms with Crippen LogP contribution in [0.5, 0.6) is 0 Å². The highest BCUT2D eigenvalue weighted by Gasteiger charge is 2.33. The van der Waals surface area contributed by atoms with Gasteiger partial charge in [0.2, 0.25) is 0 Å². The van der Waals surface area contributed by atoms with Crippen molar-refractivity contribution in [1.82, 2.24) is 0 Å². The minimum absolute atomic E-state index is 0.00492. The van der Waals surface area contributed by atoms with E-state index in [0.717, 1.165) is 11.1 Å². The lowest BCUT2D eigenvalue weighted by Crippen LogP contribution is -2.30. The van der Waals surface area contributed by atoms with E-state index in [1.807, 2.05) is 36.4 Å². The zero-order valence-electron chi connectivity index (χ0n) is 15.1. The van der Waals surface area contributed by atoms with Gasteiger partial charge in [-0.15, -0.1) is 0 Å². The second-order valence-electron chi connectivity index (χ2n) is 5.75. The minimum Gasteiger partial charge on any atom is -0.466 e. The van der Waals surface area contributed by atoms with E-state index < -0.39 is 30.2 Å². The van der Waals surface area contributed by atoms with Crippen LogP contribution in [0.25, 0.3) is 0 Å². The topological polar surface area (TPSA) is 78.9 Å². The fourth-order valence-corrected chi connectivity index (χ4v) is 2.31. The first kappa shape index (κ1) is 20.2. The molecule has 0 radical (unpaired) electrons. The summed E-state index contributed by atoms with van der Waals surface area (Å²) in [4.78, 5) is 36.5. The third-order valence-corrected chi connectivity index (χ3v) is 3.69. The molecule has 0 N–H and O–H groups in total. The quantitative estimate of drug-likeness (QED) is 0.383. The molecule has 2 aromatic carbocycles. The maximum absolute atomic E-state index is 12.4. The molecule has 0 bridgehead atoms. The van der Waals surface area contributed by atoms with Gasteiger partial charge in [0.1, 0.15) is 13.2 Å². The summed E-state index contributed by atoms with van der Waals surface area (Å²) >= 11 is 0. The molecule has 0 aliphatic carbocycles. The van der Waals surface area contributed by atoms with E-state index in [2.05, 4.69) is 0 Å². The molecule has 0 spiro atoms. The molecule has 27 heavy (non-hydrogen) atoms. The number of carbonyl (C=O) groups excluding carboxylic acids is 3. The molecule has 0 fully saturated rings. The predicted molar refractivity (Wildman–Crippen MR) is 97.2 cm³/mol. The Balaban J connectivity index is 1.98. The van der Waals surface area contributed by atoms with Crippen molar-refractivity contribution in [3.8, 4) is 0 Å². The van der Waals surface area contributed by atoms with Crippen LogP contribution in [0.3, 0.4) is 0 Å². The average Bonchev–Trinajstić information content (AvgIpc) is 2.70. The fraction of sp³-hybridized carbons (Fsp3) is 0.286. The van der Waals surface area contributed by atoms with E-state index >= 15 is 0 Å². The number of rotatable bonds is 9. The lowest BCUT2D eigenvalue weighted by molar-refractivity contribution is -0.168. The summed E-state index contributed by atoms with van der Waals surface area (Å²) < 4.78 is 15.2. The summed E-state index contributed by atoms with van der Waals surface area (Å²) in [7, 11) is 0. The van der Waals surface area contributed by atoms with E-state index in [0.29, 0.717) is 0 Å². The molecule has 2 rings (SSSR count). The van der Waals surface area contributed by atoms with Crippen molar-refractivity contribution in [2.75, 3.05) is 6.61 Å². The van der Waals surface area contributed by atoms with Crippen molar-refractivity contribution >= 4 is 17.9 Å². The minimum atomic E-state index is -1.36. The number of ether oxygens (including phenoxy) is 3. The van der Waals surface area contributed by atoms with Gasteiger partial charge in [0.15, 0.2) is 5.92 Å². The molecule has 0 saturated heterocycles. The summed E-state index contributed by atoms with van der Waals surface area (Å²) in [5.41, 5.74) is 1.55. The van der Waals surface area contributed by atoms with Crippen molar-refractivity contribution in [3.05, 3.63) is 71.8 Å². The van der Waals surface area contributed by atoms with Gasteiger partial charge in [-0.25, -0.2) is 0 Å². The maximum Gasteiger partial charge on any atom is 0.321 e. The van der Waals surface area contributed by atoms with Crippen LogP contribution in [0.2, 0.25) is 0 Å². The third-order valence-electron chi connectivity index (χ3n) is 3.69. The molecular formula is C21H22O6. The highest BCUT2D eigenvalue weighted by Crippen LogP contribution is 2.14. The Bertz CT molecular complexity index is 686. The zero-order valence-corrected chi connectivity index (χ0v) is 15.1. The molecule has 0 atom stereocenters. The summed E-state index contributed by atoms with van der Waals surface area (Å²) in [6.07, 6.45) is -0.422. The Kier molecular flexibility index (Phi) is 8.03. The number of hydrogen-bond acceptors (Lipinski definition) is 6. The fourth-order valence-electron chi connectivity index (χ4n) is 2.31. The standard InChI is InChI=1S/C21H22O6/c1-2-25-19(22)13-18(20(23)26-14-16-9-5-3-6-10-16)21(24)27-15-17-11-7-4-8-12-17/h3-12,18H,2,13-15H2,1H3. The normalized spacial score (nSPS) is 10.3. The first-order valence-electron chi connectivity index (χ1n) is 8.67. The Morgan fingerprint density at radius 2 is 1.19 bits per heavy atom. The zero-order chi connectivity index (χ0) is 19.5. The van der Waals surface area contributed by atoms with Crippen molar-refractivity contribution < 1.29 is 28.6 Å². The van der Waals surface area contributed by atoms with Crippen molar-refractivity contribution in [2.24, 2.45) is 5.92 Å². The molecular weight excluding hydrogens is 348 g/mol. The van der Waals surface area contributed by atoms with Crippen LogP contribution in [-0.4, -0.2) is 24.5 Å². The van der Waals surface area contributed by atoms with Crippen LogP contribution in [0.4, 0.5) is 0 Å². The monoisotopic (exact) mass is 370 g/mol. The van der Waals surface area contributed by atoms with Crippen LogP contribution in [-0.2, 0) is 41.8 Å². The summed E-state index contributed by atoms with van der Waals surface area (Å²) in [5.74, 6) is -3.65. The van der Waals surface area contributed by atoms with Crippen LogP contribution >= 0.6 is 0 Å². The van der Waals surface area contributed by atoms with Gasteiger partial charge in [-0.1, -0.05) is 60.7 Å². The molecule has 0 unspecified atom stereocenters. The average molecular weight is 370 g/mol. The van der Waals surface area contributed by atoms with Crippen LogP contribution < -0.4 is 0 Å². The number of hydrogen-bond donors (Lipinski definition) is 0. The summed E-state index contributed by atoms with van der Waals surface area (Å²) in [6, 6.07) is 18.1. The molecule has 0 aliphatic heterocycles. The Labute approximate surface area is 158 Å². The Morgan fingerprint density at radius 1 is 0.741 bits per heavy atom. The second-order valence-corrected chi connectivity index (χ2v) is 5.75. The smallest absolute Gasteiger partial charge is 0.321 e. The Morgan fingerprint density at radius 3 is 1.59 bits per heavy atom. The van der Waals surface area contributed by atoms with Gasteiger partial charge in [0.05, 0.1) is 13.0 Å². The first-order chi connectivity index (χ1) is 13.1. The van der Waals surface area contributed by atoms with Crippen molar-refractivity contribution in [2.45, 2.75) is 26.6 Å². The van der Waals surface area contributed by atoms with Gasteiger partial charge in [0.25, 0.3) is 0 Å². The highest BCUT2D eigenvalue weighted by molar-refractivity contribution is 5.98. The lowest BCUT2D eigenvalue weighted by atomic mass is 10.1. The van der Waals surface area contributed by atoms with Gasteiger partial charge < -0.3 is 14.2 Å². The second kappa shape index (κ2) is 10.8. The lowest BCUT2D eigenvalue weighted by Gasteiger charge is -2.15. The highest BCUT2D eigenvalue weighted by atomic mass is 16.6. The van der Waals surface area contributed by atoms with E-state index in [4.69, 9.17) is 14.2 Å². The molecule has 142 valence electrons. The van der Waals surface area contributed by atoms with Crippen LogP contribution in [0.1, 0.15) is 24.5 Å². The summed E-state index contributed by atoms with van der Waals surface area (Å²) in [6.45, 7) is 1.81. The van der Waals surface area contributed by atoms with Gasteiger partial charge in [0, 0.05) is 0 Å². The van der Waals surface area contributed by atoms with E-state index in [1.54, 1.807) is 31.2 Å². The van der Waals surface area contributed by atoms with E-state index in [-0.39, 0.29) is 19.8 Å². The van der Waals surface area contributed by atoms with E-state index in [9.17, 15) is 14.4 Å². The van der Waals surface area contributed by atoms with E-state index in [1.165, 1.54) is 0 Å². The molecule has 0 heterocycles. The maximum atomic E-state index is 12.4. The number of benzene rings is 2. The first-order valence-corrected chi connectivity index (χ1v) is 8.67. The van der Waals surface area contributed by atoms with Gasteiger partial charge in [-0.05, 0) is 18.1 Å². The molecule has 2 aromatic rings. The van der Waals surface area contributed by atoms with Gasteiger partial charge in [-0.3, -0.25) is 14.4 Å². The molecule has 0 aromatic heterocycles. The van der Waals surface area contributed by atoms with Crippen molar-refractivity contribution in [1.29, 1.82) is 0 Å². The molecule has 0 saturated carbocycles. The SMILES string of the molecule is CCOC(=O)CC(C(=O)OCc1ccccc1)C(=O)OCc1ccccc1. The largest absolute Gasteiger partial charge is 0.466 e. The number of carbonyl (C=O) groups is 3. The van der Waals surface area contributed by atoms with Gasteiger partial charge in [-0.2, -0.15) is 0 Å². The van der Waals surface area contributed by atoms with Crippen LogP contribution in [0.15, 0.2) is 60.7 Å². The third kappa shape index (κ3) is 6.93. The molecule has 0 amide bonds. The predicted octanol–water partition coefficient (Wildman–Crippen LogP) is 3.04. The van der Waals surface area contributed by atoms with Crippen molar-refractivity contribution in [3.63, 3.8) is 0 Å². The van der Waals surface area contributed by atoms with Crippen LogP contribution in [0, 0.1) is 5.92 Å².